The molecule has 1 aliphatic carbocycles. The van der Waals surface area contributed by atoms with Crippen molar-refractivity contribution in [1.82, 2.24) is 4.90 Å². The second-order valence-corrected chi connectivity index (χ2v) is 14.5. The topological polar surface area (TPSA) is 49.8 Å². The minimum Gasteiger partial charge on any atom is -0.450 e. The molecule has 0 spiro atoms. The first-order chi connectivity index (χ1) is 10.8. The second kappa shape index (κ2) is 8.02. The molecule has 23 heavy (non-hydrogen) atoms. The lowest BCUT2D eigenvalue weighted by Crippen LogP contribution is -2.53. The highest BCUT2D eigenvalue weighted by molar-refractivity contribution is 6.76. The first-order valence-electron chi connectivity index (χ1n) is 9.36. The maximum atomic E-state index is 12.6. The first kappa shape index (κ1) is 18.8. The fourth-order valence-electron chi connectivity index (χ4n) is 4.39. The van der Waals surface area contributed by atoms with Crippen molar-refractivity contribution in [2.45, 2.75) is 70.8 Å². The van der Waals surface area contributed by atoms with Gasteiger partial charge in [0, 0.05) is 27.3 Å². The average molecular weight is 342 g/mol. The van der Waals surface area contributed by atoms with Gasteiger partial charge in [-0.25, -0.2) is 4.79 Å². The molecular weight excluding hydrogens is 306 g/mol. The van der Waals surface area contributed by atoms with E-state index in [0.717, 1.165) is 31.9 Å². The van der Waals surface area contributed by atoms with E-state index in [1.54, 1.807) is 0 Å². The number of carbonyl (C=O) groups is 1. The number of nitrogens with zero attached hydrogens (tertiary/aromatic N) is 1. The molecule has 4 nitrogen and oxygen atoms in total. The number of likely N-dealkylation sites (tertiary alicyclic amines) is 1. The predicted molar refractivity (Wildman–Crippen MR) is 96.3 cm³/mol. The van der Waals surface area contributed by atoms with E-state index in [1.807, 2.05) is 4.90 Å². The van der Waals surface area contributed by atoms with Gasteiger partial charge in [0.25, 0.3) is 0 Å². The van der Waals surface area contributed by atoms with Gasteiger partial charge in [0.2, 0.25) is 0 Å². The van der Waals surface area contributed by atoms with Crippen LogP contribution in [0.3, 0.4) is 0 Å². The van der Waals surface area contributed by atoms with Crippen LogP contribution in [0.5, 0.6) is 0 Å². The minimum absolute atomic E-state index is 0.102. The van der Waals surface area contributed by atoms with Gasteiger partial charge in [-0.3, -0.25) is 0 Å². The smallest absolute Gasteiger partial charge is 0.410 e. The van der Waals surface area contributed by atoms with Crippen molar-refractivity contribution in [3.63, 3.8) is 0 Å². The number of amides is 1. The van der Waals surface area contributed by atoms with E-state index in [0.29, 0.717) is 30.4 Å². The summed E-state index contributed by atoms with van der Waals surface area (Å²) >= 11 is 0. The van der Waals surface area contributed by atoms with Gasteiger partial charge in [-0.05, 0) is 55.9 Å². The Morgan fingerprint density at radius 3 is 2.70 bits per heavy atom. The van der Waals surface area contributed by atoms with Crippen molar-refractivity contribution in [1.29, 1.82) is 0 Å². The maximum Gasteiger partial charge on any atom is 0.410 e. The number of carbonyl (C=O) groups excluding carboxylic acids is 1. The van der Waals surface area contributed by atoms with Crippen molar-refractivity contribution in [2.24, 2.45) is 17.8 Å². The normalized spacial score (nSPS) is 31.6. The van der Waals surface area contributed by atoms with Crippen LogP contribution in [-0.2, 0) is 4.74 Å². The summed E-state index contributed by atoms with van der Waals surface area (Å²) in [4.78, 5) is 14.6. The molecule has 5 heteroatoms. The predicted octanol–water partition coefficient (Wildman–Crippen LogP) is 3.97. The zero-order chi connectivity index (χ0) is 17.0. The van der Waals surface area contributed by atoms with Gasteiger partial charge in [-0.1, -0.05) is 26.6 Å². The molecule has 0 bridgehead atoms. The third kappa shape index (κ3) is 5.21. The van der Waals surface area contributed by atoms with Gasteiger partial charge in [0.1, 0.15) is 0 Å². The molecule has 0 aromatic heterocycles. The second-order valence-electron chi connectivity index (χ2n) is 8.84. The van der Waals surface area contributed by atoms with E-state index < -0.39 is 8.07 Å². The summed E-state index contributed by atoms with van der Waals surface area (Å²) < 4.78 is 5.61. The molecule has 1 amide bonds. The number of piperidine rings is 1. The Morgan fingerprint density at radius 1 is 1.30 bits per heavy atom. The quantitative estimate of drug-likeness (QED) is 0.770. The summed E-state index contributed by atoms with van der Waals surface area (Å²) in [6.45, 7) is 10.9. The van der Waals surface area contributed by atoms with Gasteiger partial charge in [0.05, 0.1) is 6.61 Å². The molecule has 1 N–H and O–H groups in total. The van der Waals surface area contributed by atoms with Crippen LogP contribution in [0.4, 0.5) is 4.79 Å². The highest BCUT2D eigenvalue weighted by atomic mass is 28.3. The Morgan fingerprint density at radius 2 is 2.04 bits per heavy atom. The van der Waals surface area contributed by atoms with E-state index >= 15 is 0 Å². The maximum absolute atomic E-state index is 12.6. The molecule has 2 fully saturated rings. The number of aliphatic hydroxyl groups excluding tert-OH is 1. The number of hydrogen-bond acceptors (Lipinski definition) is 3. The van der Waals surface area contributed by atoms with Crippen molar-refractivity contribution in [3.8, 4) is 0 Å². The van der Waals surface area contributed by atoms with E-state index in [-0.39, 0.29) is 12.7 Å². The largest absolute Gasteiger partial charge is 0.450 e. The monoisotopic (exact) mass is 341 g/mol. The Hall–Kier alpha value is -0.553. The lowest BCUT2D eigenvalue weighted by Gasteiger charge is -2.49. The number of aliphatic hydroxyl groups is 1. The summed E-state index contributed by atoms with van der Waals surface area (Å²) in [5.41, 5.74) is 0. The molecule has 0 aromatic carbocycles. The van der Waals surface area contributed by atoms with Crippen LogP contribution in [0.1, 0.15) is 39.0 Å². The van der Waals surface area contributed by atoms with Crippen LogP contribution < -0.4 is 0 Å². The fourth-order valence-corrected chi connectivity index (χ4v) is 5.10. The number of fused-ring (bicyclic) bond motifs is 1. The first-order valence-corrected chi connectivity index (χ1v) is 13.1. The molecule has 134 valence electrons. The summed E-state index contributed by atoms with van der Waals surface area (Å²) in [6.07, 6.45) is 5.33. The van der Waals surface area contributed by atoms with Crippen LogP contribution in [0.2, 0.25) is 25.7 Å². The Balaban J connectivity index is 1.97. The number of hydrogen-bond donors (Lipinski definition) is 1. The van der Waals surface area contributed by atoms with Crippen LogP contribution in [0.15, 0.2) is 0 Å². The molecule has 4 atom stereocenters. The van der Waals surface area contributed by atoms with Gasteiger partial charge < -0.3 is 14.7 Å². The van der Waals surface area contributed by atoms with Gasteiger partial charge in [0.15, 0.2) is 0 Å². The molecule has 2 aliphatic rings. The minimum atomic E-state index is -1.16. The molecule has 0 unspecified atom stereocenters. The molecular formula is C18H35NO3Si. The van der Waals surface area contributed by atoms with Crippen molar-refractivity contribution >= 4 is 14.2 Å². The zero-order valence-corrected chi connectivity index (χ0v) is 16.4. The van der Waals surface area contributed by atoms with Gasteiger partial charge in [-0.15, -0.1) is 0 Å². The number of ether oxygens (including phenoxy) is 1. The molecule has 0 radical (unpaired) electrons. The van der Waals surface area contributed by atoms with Crippen LogP contribution in [0, 0.1) is 17.8 Å². The molecule has 2 rings (SSSR count). The molecule has 1 saturated heterocycles. The lowest BCUT2D eigenvalue weighted by molar-refractivity contribution is -0.00218. The van der Waals surface area contributed by atoms with Crippen molar-refractivity contribution in [2.75, 3.05) is 19.8 Å². The van der Waals surface area contributed by atoms with Crippen molar-refractivity contribution < 1.29 is 14.6 Å². The van der Waals surface area contributed by atoms with Crippen molar-refractivity contribution in [3.05, 3.63) is 0 Å². The number of rotatable bonds is 5. The van der Waals surface area contributed by atoms with E-state index in [4.69, 9.17) is 4.74 Å². The lowest BCUT2D eigenvalue weighted by atomic mass is 9.67. The summed E-state index contributed by atoms with van der Waals surface area (Å²) in [6, 6.07) is 1.35. The molecule has 1 saturated carbocycles. The van der Waals surface area contributed by atoms with E-state index in [1.165, 1.54) is 12.8 Å². The van der Waals surface area contributed by atoms with Gasteiger partial charge >= 0.3 is 6.09 Å². The Labute approximate surface area is 142 Å². The van der Waals surface area contributed by atoms with Gasteiger partial charge in [-0.2, -0.15) is 0 Å². The fraction of sp³-hybridized carbons (Fsp3) is 0.944. The molecule has 0 aromatic rings. The van der Waals surface area contributed by atoms with E-state index in [9.17, 15) is 9.90 Å². The molecule has 1 heterocycles. The van der Waals surface area contributed by atoms with E-state index in [2.05, 4.69) is 26.6 Å². The highest BCUT2D eigenvalue weighted by Gasteiger charge is 2.43. The zero-order valence-electron chi connectivity index (χ0n) is 15.4. The highest BCUT2D eigenvalue weighted by Crippen LogP contribution is 2.43. The summed E-state index contributed by atoms with van der Waals surface area (Å²) in [5, 5.41) is 9.36. The van der Waals surface area contributed by atoms with Crippen LogP contribution in [-0.4, -0.2) is 50.0 Å². The third-order valence-electron chi connectivity index (χ3n) is 5.60. The Kier molecular flexibility index (Phi) is 6.54. The SMILES string of the molecule is C[C@@H]1C[C@H](CCO)[C@H]2CCCN(C(=O)OCC[Si](C)(C)C)[C@@H]2C1. The Bertz CT molecular complexity index is 396. The summed E-state index contributed by atoms with van der Waals surface area (Å²) in [5.74, 6) is 1.74. The molecule has 1 aliphatic heterocycles. The van der Waals surface area contributed by atoms with Crippen LogP contribution >= 0.6 is 0 Å². The standard InChI is InChI=1S/C18H35NO3Si/c1-14-12-15(7-9-20)16-6-5-8-19(17(16)13-14)18(21)22-10-11-23(2,3)4/h14-17,20H,5-13H2,1-4H3/t14-,15+,16-,17-/m1/s1. The third-order valence-corrected chi connectivity index (χ3v) is 7.30. The summed E-state index contributed by atoms with van der Waals surface area (Å²) in [7, 11) is -1.16. The van der Waals surface area contributed by atoms with Crippen LogP contribution in [0.25, 0.3) is 0 Å². The average Bonchev–Trinajstić information content (AvgIpc) is 2.45.